The second-order valence-electron chi connectivity index (χ2n) is 5.48. The van der Waals surface area contributed by atoms with E-state index in [0.29, 0.717) is 6.04 Å². The van der Waals surface area contributed by atoms with Gasteiger partial charge in [-0.2, -0.15) is 0 Å². The lowest BCUT2D eigenvalue weighted by molar-refractivity contribution is 0.150. The highest BCUT2D eigenvalue weighted by Gasteiger charge is 2.29. The van der Waals surface area contributed by atoms with E-state index in [4.69, 9.17) is 0 Å². The lowest BCUT2D eigenvalue weighted by Gasteiger charge is -2.36. The van der Waals surface area contributed by atoms with Gasteiger partial charge in [-0.1, -0.05) is 31.4 Å². The highest BCUT2D eigenvalue weighted by molar-refractivity contribution is 5.25. The molecule has 2 rings (SSSR count). The van der Waals surface area contributed by atoms with Crippen molar-refractivity contribution in [1.29, 1.82) is 0 Å². The Labute approximate surface area is 108 Å². The van der Waals surface area contributed by atoms with E-state index in [1.807, 2.05) is 13.0 Å². The summed E-state index contributed by atoms with van der Waals surface area (Å²) in [6, 6.07) is 6.93. The molecule has 3 heteroatoms. The van der Waals surface area contributed by atoms with Crippen LogP contribution in [0.25, 0.3) is 0 Å². The van der Waals surface area contributed by atoms with Crippen LogP contribution in [0.1, 0.15) is 44.6 Å². The number of hydrogen-bond acceptors (Lipinski definition) is 2. The average molecular weight is 251 g/mol. The Kier molecular flexibility index (Phi) is 4.36. The molecule has 0 spiro atoms. The van der Waals surface area contributed by atoms with Gasteiger partial charge >= 0.3 is 0 Å². The largest absolute Gasteiger partial charge is 0.394 e. The van der Waals surface area contributed by atoms with Crippen LogP contribution in [0.15, 0.2) is 24.3 Å². The topological polar surface area (TPSA) is 32.3 Å². The Morgan fingerprint density at radius 3 is 2.67 bits per heavy atom. The van der Waals surface area contributed by atoms with E-state index < -0.39 is 5.54 Å². The molecule has 1 aromatic rings. The summed E-state index contributed by atoms with van der Waals surface area (Å²) in [7, 11) is 0. The molecule has 1 aliphatic rings. The van der Waals surface area contributed by atoms with Crippen LogP contribution < -0.4 is 5.32 Å². The zero-order valence-corrected chi connectivity index (χ0v) is 11.0. The van der Waals surface area contributed by atoms with Crippen molar-refractivity contribution in [2.24, 2.45) is 0 Å². The molecule has 1 aromatic carbocycles. The van der Waals surface area contributed by atoms with Gasteiger partial charge in [-0.3, -0.25) is 0 Å². The predicted octanol–water partition coefficient (Wildman–Crippen LogP) is 2.96. The quantitative estimate of drug-likeness (QED) is 0.862. The van der Waals surface area contributed by atoms with Gasteiger partial charge in [0.25, 0.3) is 0 Å². The van der Waals surface area contributed by atoms with Crippen molar-refractivity contribution < 1.29 is 9.50 Å². The second kappa shape index (κ2) is 5.81. The maximum Gasteiger partial charge on any atom is 0.123 e. The minimum absolute atomic E-state index is 0.0209. The van der Waals surface area contributed by atoms with Gasteiger partial charge in [0.1, 0.15) is 5.82 Å². The summed E-state index contributed by atoms with van der Waals surface area (Å²) in [5, 5.41) is 13.2. The maximum atomic E-state index is 13.3. The Balaban J connectivity index is 2.13. The molecule has 1 aliphatic carbocycles. The molecule has 0 amide bonds. The standard InChI is InChI=1S/C15H22FNO/c1-15(11-18,12-6-5-7-13(16)10-12)17-14-8-3-2-4-9-14/h5-7,10,14,17-18H,2-4,8-9,11H2,1H3. The summed E-state index contributed by atoms with van der Waals surface area (Å²) >= 11 is 0. The van der Waals surface area contributed by atoms with Crippen molar-refractivity contribution >= 4 is 0 Å². The summed E-state index contributed by atoms with van der Waals surface area (Å²) in [6.45, 7) is 1.92. The van der Waals surface area contributed by atoms with Crippen LogP contribution in [-0.2, 0) is 5.54 Å². The number of aliphatic hydroxyl groups excluding tert-OH is 1. The van der Waals surface area contributed by atoms with Crippen LogP contribution in [0, 0.1) is 5.82 Å². The van der Waals surface area contributed by atoms with Crippen LogP contribution in [0.4, 0.5) is 4.39 Å². The number of halogens is 1. The van der Waals surface area contributed by atoms with Crippen molar-refractivity contribution in [3.05, 3.63) is 35.6 Å². The predicted molar refractivity (Wildman–Crippen MR) is 70.8 cm³/mol. The molecule has 18 heavy (non-hydrogen) atoms. The third kappa shape index (κ3) is 3.09. The lowest BCUT2D eigenvalue weighted by atomic mass is 9.88. The normalized spacial score (nSPS) is 20.6. The van der Waals surface area contributed by atoms with E-state index in [9.17, 15) is 9.50 Å². The molecule has 0 heterocycles. The zero-order valence-electron chi connectivity index (χ0n) is 11.0. The number of hydrogen-bond donors (Lipinski definition) is 2. The van der Waals surface area contributed by atoms with E-state index in [1.165, 1.54) is 31.4 Å². The first kappa shape index (κ1) is 13.5. The Morgan fingerprint density at radius 2 is 2.06 bits per heavy atom. The van der Waals surface area contributed by atoms with Gasteiger partial charge in [-0.25, -0.2) is 4.39 Å². The molecule has 0 saturated heterocycles. The summed E-state index contributed by atoms with van der Waals surface area (Å²) in [4.78, 5) is 0. The van der Waals surface area contributed by atoms with Gasteiger partial charge in [0.05, 0.1) is 12.1 Å². The molecule has 2 nitrogen and oxygen atoms in total. The van der Waals surface area contributed by atoms with E-state index in [2.05, 4.69) is 5.32 Å². The first-order valence-corrected chi connectivity index (χ1v) is 6.79. The number of nitrogens with one attached hydrogen (secondary N) is 1. The minimum Gasteiger partial charge on any atom is -0.394 e. The van der Waals surface area contributed by atoms with Crippen LogP contribution in [0.3, 0.4) is 0 Å². The zero-order chi connectivity index (χ0) is 13.0. The van der Waals surface area contributed by atoms with E-state index >= 15 is 0 Å². The number of benzene rings is 1. The number of rotatable bonds is 4. The fourth-order valence-corrected chi connectivity index (χ4v) is 2.75. The first-order valence-electron chi connectivity index (χ1n) is 6.79. The molecule has 1 fully saturated rings. The lowest BCUT2D eigenvalue weighted by Crippen LogP contribution is -2.49. The maximum absolute atomic E-state index is 13.3. The van der Waals surface area contributed by atoms with Crippen LogP contribution >= 0.6 is 0 Å². The summed E-state index contributed by atoms with van der Waals surface area (Å²) < 4.78 is 13.3. The summed E-state index contributed by atoms with van der Waals surface area (Å²) in [6.07, 6.45) is 6.06. The highest BCUT2D eigenvalue weighted by atomic mass is 19.1. The van der Waals surface area contributed by atoms with Crippen molar-refractivity contribution in [2.75, 3.05) is 6.61 Å². The fourth-order valence-electron chi connectivity index (χ4n) is 2.75. The van der Waals surface area contributed by atoms with Gasteiger partial charge in [-0.15, -0.1) is 0 Å². The molecule has 1 unspecified atom stereocenters. The fraction of sp³-hybridized carbons (Fsp3) is 0.600. The van der Waals surface area contributed by atoms with Crippen LogP contribution in [-0.4, -0.2) is 17.8 Å². The molecule has 1 atom stereocenters. The Hall–Kier alpha value is -0.930. The van der Waals surface area contributed by atoms with Crippen LogP contribution in [0.2, 0.25) is 0 Å². The highest BCUT2D eigenvalue weighted by Crippen LogP contribution is 2.26. The molecule has 0 aliphatic heterocycles. The SMILES string of the molecule is CC(CO)(NC1CCCCC1)c1cccc(F)c1. The average Bonchev–Trinajstić information content (AvgIpc) is 2.40. The summed E-state index contributed by atoms with van der Waals surface area (Å²) in [5.74, 6) is -0.252. The molecule has 1 saturated carbocycles. The molecule has 0 aromatic heterocycles. The number of aliphatic hydroxyl groups is 1. The van der Waals surface area contributed by atoms with E-state index in [-0.39, 0.29) is 12.4 Å². The monoisotopic (exact) mass is 251 g/mol. The Morgan fingerprint density at radius 1 is 1.33 bits per heavy atom. The van der Waals surface area contributed by atoms with E-state index in [1.54, 1.807) is 6.07 Å². The molecular formula is C15H22FNO. The van der Waals surface area contributed by atoms with Crippen molar-refractivity contribution in [1.82, 2.24) is 5.32 Å². The van der Waals surface area contributed by atoms with Crippen molar-refractivity contribution in [2.45, 2.75) is 50.6 Å². The molecule has 0 bridgehead atoms. The molecular weight excluding hydrogens is 229 g/mol. The molecule has 100 valence electrons. The third-order valence-corrected chi connectivity index (χ3v) is 3.91. The van der Waals surface area contributed by atoms with Gasteiger partial charge in [0.2, 0.25) is 0 Å². The van der Waals surface area contributed by atoms with Gasteiger partial charge in [-0.05, 0) is 37.5 Å². The van der Waals surface area contributed by atoms with E-state index in [0.717, 1.165) is 18.4 Å². The van der Waals surface area contributed by atoms with Gasteiger partial charge in [0.15, 0.2) is 0 Å². The molecule has 0 radical (unpaired) electrons. The van der Waals surface area contributed by atoms with Crippen molar-refractivity contribution in [3.8, 4) is 0 Å². The molecule has 2 N–H and O–H groups in total. The van der Waals surface area contributed by atoms with Crippen LogP contribution in [0.5, 0.6) is 0 Å². The Bertz CT molecular complexity index is 390. The second-order valence-corrected chi connectivity index (χ2v) is 5.48. The van der Waals surface area contributed by atoms with Gasteiger partial charge in [0, 0.05) is 6.04 Å². The minimum atomic E-state index is -0.551. The van der Waals surface area contributed by atoms with Gasteiger partial charge < -0.3 is 10.4 Å². The first-order chi connectivity index (χ1) is 8.64. The van der Waals surface area contributed by atoms with Crippen molar-refractivity contribution in [3.63, 3.8) is 0 Å². The third-order valence-electron chi connectivity index (χ3n) is 3.91. The summed E-state index contributed by atoms with van der Waals surface area (Å²) in [5.41, 5.74) is 0.264. The smallest absolute Gasteiger partial charge is 0.123 e.